The molecule has 0 aromatic heterocycles. The van der Waals surface area contributed by atoms with Gasteiger partial charge in [0.25, 0.3) is 0 Å². The monoisotopic (exact) mass is 328 g/mol. The minimum Gasteiger partial charge on any atom is -0.349 e. The third kappa shape index (κ3) is 3.54. The van der Waals surface area contributed by atoms with E-state index in [0.29, 0.717) is 18.7 Å². The van der Waals surface area contributed by atoms with Crippen LogP contribution in [0.3, 0.4) is 0 Å². The topological polar surface area (TPSA) is 23.6 Å². The van der Waals surface area contributed by atoms with Crippen LogP contribution in [0.4, 0.5) is 4.39 Å². The van der Waals surface area contributed by atoms with Crippen molar-refractivity contribution < 1.29 is 9.18 Å². The lowest BCUT2D eigenvalue weighted by Gasteiger charge is -2.18. The Morgan fingerprint density at radius 1 is 1.53 bits per heavy atom. The van der Waals surface area contributed by atoms with Gasteiger partial charge in [0.1, 0.15) is 5.82 Å². The molecule has 0 bridgehead atoms. The van der Waals surface area contributed by atoms with E-state index >= 15 is 0 Å². The normalized spacial score (nSPS) is 19.7. The van der Waals surface area contributed by atoms with Crippen LogP contribution < -0.4 is 0 Å². The van der Waals surface area contributed by atoms with Crippen LogP contribution in [0.5, 0.6) is 0 Å². The largest absolute Gasteiger partial charge is 0.349 e. The van der Waals surface area contributed by atoms with Gasteiger partial charge in [-0.2, -0.15) is 0 Å². The van der Waals surface area contributed by atoms with Crippen LogP contribution in [0.1, 0.15) is 12.0 Å². The molecule has 1 aromatic rings. The molecule has 1 aliphatic rings. The quantitative estimate of drug-likeness (QED) is 0.851. The van der Waals surface area contributed by atoms with E-state index in [2.05, 4.69) is 20.8 Å². The molecular weight excluding hydrogens is 311 g/mol. The molecule has 0 spiro atoms. The van der Waals surface area contributed by atoms with Gasteiger partial charge in [0.2, 0.25) is 5.91 Å². The van der Waals surface area contributed by atoms with Crippen molar-refractivity contribution in [2.24, 2.45) is 5.92 Å². The van der Waals surface area contributed by atoms with Gasteiger partial charge in [-0.1, -0.05) is 15.9 Å². The zero-order valence-electron chi connectivity index (χ0n) is 11.2. The fourth-order valence-corrected chi connectivity index (χ4v) is 2.86. The van der Waals surface area contributed by atoms with Gasteiger partial charge in [0.15, 0.2) is 0 Å². The average molecular weight is 329 g/mol. The van der Waals surface area contributed by atoms with Crippen LogP contribution in [0.2, 0.25) is 0 Å². The molecule has 0 aliphatic carbocycles. The summed E-state index contributed by atoms with van der Waals surface area (Å²) in [7, 11) is 3.55. The summed E-state index contributed by atoms with van der Waals surface area (Å²) in [6.07, 6.45) is 0.854. The minimum atomic E-state index is -0.189. The maximum Gasteiger partial charge on any atom is 0.226 e. The van der Waals surface area contributed by atoms with Crippen LogP contribution in [-0.2, 0) is 11.3 Å². The maximum absolute atomic E-state index is 13.7. The predicted octanol–water partition coefficient (Wildman–Crippen LogP) is 2.50. The molecule has 2 rings (SSSR count). The summed E-state index contributed by atoms with van der Waals surface area (Å²) in [4.78, 5) is 15.7. The summed E-state index contributed by atoms with van der Waals surface area (Å²) >= 11 is 3.35. The molecule has 104 valence electrons. The SMILES string of the molecule is CN(C)C(=O)C1CCN(Cc2cc(Br)ccc2F)C1. The highest BCUT2D eigenvalue weighted by Gasteiger charge is 2.29. The molecule has 1 amide bonds. The Balaban J connectivity index is 1.98. The number of nitrogens with zero attached hydrogens (tertiary/aromatic N) is 2. The van der Waals surface area contributed by atoms with Crippen molar-refractivity contribution in [1.82, 2.24) is 9.80 Å². The number of hydrogen-bond acceptors (Lipinski definition) is 2. The van der Waals surface area contributed by atoms with E-state index in [-0.39, 0.29) is 17.6 Å². The molecule has 0 saturated carbocycles. The van der Waals surface area contributed by atoms with Gasteiger partial charge in [-0.3, -0.25) is 9.69 Å². The van der Waals surface area contributed by atoms with Crippen LogP contribution in [-0.4, -0.2) is 42.9 Å². The third-order valence-electron chi connectivity index (χ3n) is 3.46. The summed E-state index contributed by atoms with van der Waals surface area (Å²) in [5.41, 5.74) is 0.673. The first-order valence-corrected chi connectivity index (χ1v) is 7.14. The number of carbonyl (C=O) groups is 1. The zero-order valence-corrected chi connectivity index (χ0v) is 12.8. The van der Waals surface area contributed by atoms with Gasteiger partial charge in [-0.15, -0.1) is 0 Å². The van der Waals surface area contributed by atoms with Crippen LogP contribution in [0.15, 0.2) is 22.7 Å². The lowest BCUT2D eigenvalue weighted by Crippen LogP contribution is -2.31. The summed E-state index contributed by atoms with van der Waals surface area (Å²) < 4.78 is 14.6. The maximum atomic E-state index is 13.7. The second-order valence-corrected chi connectivity index (χ2v) is 6.10. The van der Waals surface area contributed by atoms with Gasteiger partial charge >= 0.3 is 0 Å². The molecule has 0 radical (unpaired) electrons. The lowest BCUT2D eigenvalue weighted by atomic mass is 10.1. The van der Waals surface area contributed by atoms with Crippen molar-refractivity contribution in [3.05, 3.63) is 34.1 Å². The van der Waals surface area contributed by atoms with Crippen LogP contribution in [0, 0.1) is 11.7 Å². The average Bonchev–Trinajstić information content (AvgIpc) is 2.81. The van der Waals surface area contributed by atoms with Crippen molar-refractivity contribution >= 4 is 21.8 Å². The molecule has 1 heterocycles. The minimum absolute atomic E-state index is 0.0465. The molecule has 1 saturated heterocycles. The van der Waals surface area contributed by atoms with Gasteiger partial charge in [0.05, 0.1) is 5.92 Å². The molecule has 19 heavy (non-hydrogen) atoms. The number of hydrogen-bond donors (Lipinski definition) is 0. The number of rotatable bonds is 3. The standard InChI is InChI=1S/C14H18BrFN2O/c1-17(2)14(19)10-5-6-18(8-10)9-11-7-12(15)3-4-13(11)16/h3-4,7,10H,5-6,8-9H2,1-2H3. The Bertz CT molecular complexity index is 479. The molecule has 1 aromatic carbocycles. The molecule has 1 aliphatic heterocycles. The lowest BCUT2D eigenvalue weighted by molar-refractivity contribution is -0.132. The first-order chi connectivity index (χ1) is 8.97. The molecular formula is C14H18BrFN2O. The highest BCUT2D eigenvalue weighted by molar-refractivity contribution is 9.10. The summed E-state index contributed by atoms with van der Waals surface area (Å²) in [5.74, 6) is 0.0213. The fourth-order valence-electron chi connectivity index (χ4n) is 2.45. The van der Waals surface area contributed by atoms with Crippen molar-refractivity contribution in [1.29, 1.82) is 0 Å². The molecule has 0 N–H and O–H groups in total. The predicted molar refractivity (Wildman–Crippen MR) is 76.2 cm³/mol. The first kappa shape index (κ1) is 14.5. The Hall–Kier alpha value is -0.940. The molecule has 5 heteroatoms. The van der Waals surface area contributed by atoms with Crippen molar-refractivity contribution in [2.75, 3.05) is 27.2 Å². The smallest absolute Gasteiger partial charge is 0.226 e. The number of carbonyl (C=O) groups excluding carboxylic acids is 1. The molecule has 1 atom stereocenters. The van der Waals surface area contributed by atoms with Crippen molar-refractivity contribution in [2.45, 2.75) is 13.0 Å². The third-order valence-corrected chi connectivity index (χ3v) is 3.96. The van der Waals surface area contributed by atoms with Gasteiger partial charge in [0, 0.05) is 37.2 Å². The van der Waals surface area contributed by atoms with E-state index in [0.717, 1.165) is 17.4 Å². The van der Waals surface area contributed by atoms with Crippen LogP contribution in [0.25, 0.3) is 0 Å². The van der Waals surface area contributed by atoms with Crippen molar-refractivity contribution in [3.63, 3.8) is 0 Å². The van der Waals surface area contributed by atoms with E-state index in [1.54, 1.807) is 31.1 Å². The molecule has 3 nitrogen and oxygen atoms in total. The Labute approximate surface area is 121 Å². The number of likely N-dealkylation sites (tertiary alicyclic amines) is 1. The number of benzene rings is 1. The zero-order chi connectivity index (χ0) is 14.0. The number of amides is 1. The first-order valence-electron chi connectivity index (χ1n) is 6.35. The van der Waals surface area contributed by atoms with E-state index in [1.165, 1.54) is 6.07 Å². The Kier molecular flexibility index (Phi) is 4.58. The van der Waals surface area contributed by atoms with Crippen LogP contribution >= 0.6 is 15.9 Å². The van der Waals surface area contributed by atoms with Gasteiger partial charge in [-0.25, -0.2) is 4.39 Å². The Morgan fingerprint density at radius 3 is 2.95 bits per heavy atom. The van der Waals surface area contributed by atoms with E-state index in [4.69, 9.17) is 0 Å². The van der Waals surface area contributed by atoms with Gasteiger partial charge in [-0.05, 0) is 31.2 Å². The summed E-state index contributed by atoms with van der Waals surface area (Å²) in [6, 6.07) is 4.97. The second kappa shape index (κ2) is 6.01. The molecule has 1 fully saturated rings. The highest BCUT2D eigenvalue weighted by Crippen LogP contribution is 2.22. The molecule has 1 unspecified atom stereocenters. The Morgan fingerprint density at radius 2 is 2.26 bits per heavy atom. The number of halogens is 2. The summed E-state index contributed by atoms with van der Waals surface area (Å²) in [6.45, 7) is 2.11. The second-order valence-electron chi connectivity index (χ2n) is 5.19. The van der Waals surface area contributed by atoms with Gasteiger partial charge < -0.3 is 4.90 Å². The van der Waals surface area contributed by atoms with E-state index in [1.807, 2.05) is 0 Å². The summed E-state index contributed by atoms with van der Waals surface area (Å²) in [5, 5.41) is 0. The van der Waals surface area contributed by atoms with E-state index < -0.39 is 0 Å². The highest BCUT2D eigenvalue weighted by atomic mass is 79.9. The van der Waals surface area contributed by atoms with E-state index in [9.17, 15) is 9.18 Å². The fraction of sp³-hybridized carbons (Fsp3) is 0.500. The van der Waals surface area contributed by atoms with Crippen molar-refractivity contribution in [3.8, 4) is 0 Å².